The van der Waals surface area contributed by atoms with Gasteiger partial charge in [-0.25, -0.2) is 0 Å². The zero-order valence-electron chi connectivity index (χ0n) is 12.5. The van der Waals surface area contributed by atoms with Gasteiger partial charge in [0.25, 0.3) is 0 Å². The van der Waals surface area contributed by atoms with Crippen molar-refractivity contribution in [2.45, 2.75) is 46.0 Å². The normalized spacial score (nSPS) is 39.0. The van der Waals surface area contributed by atoms with E-state index in [1.54, 1.807) is 0 Å². The van der Waals surface area contributed by atoms with E-state index < -0.39 is 11.9 Å². The van der Waals surface area contributed by atoms with E-state index in [1.807, 2.05) is 18.7 Å². The van der Waals surface area contributed by atoms with Gasteiger partial charge in [-0.1, -0.05) is 33.1 Å². The molecule has 1 saturated heterocycles. The number of carbonyl (C=O) groups is 2. The fourth-order valence-corrected chi connectivity index (χ4v) is 4.56. The average molecular weight is 279 g/mol. The van der Waals surface area contributed by atoms with Crippen LogP contribution in [0, 0.1) is 29.1 Å². The molecular formula is C16H25NO3. The van der Waals surface area contributed by atoms with E-state index in [0.717, 1.165) is 25.4 Å². The summed E-state index contributed by atoms with van der Waals surface area (Å²) in [7, 11) is 0. The monoisotopic (exact) mass is 279 g/mol. The maximum atomic E-state index is 12.6. The first-order valence-electron chi connectivity index (χ1n) is 7.94. The molecule has 112 valence electrons. The number of likely N-dealkylation sites (tertiary alicyclic amines) is 1. The summed E-state index contributed by atoms with van der Waals surface area (Å²) in [4.78, 5) is 25.8. The van der Waals surface area contributed by atoms with Crippen LogP contribution in [0.2, 0.25) is 0 Å². The third kappa shape index (κ3) is 2.13. The quantitative estimate of drug-likeness (QED) is 0.844. The number of rotatable bonds is 2. The van der Waals surface area contributed by atoms with E-state index in [0.29, 0.717) is 5.92 Å². The molecule has 0 aromatic carbocycles. The second-order valence-electron chi connectivity index (χ2n) is 7.49. The first-order valence-corrected chi connectivity index (χ1v) is 7.94. The summed E-state index contributed by atoms with van der Waals surface area (Å²) in [6.45, 7) is 5.50. The van der Waals surface area contributed by atoms with E-state index in [1.165, 1.54) is 25.7 Å². The Kier molecular flexibility index (Phi) is 3.30. The number of hydrogen-bond acceptors (Lipinski definition) is 2. The smallest absolute Gasteiger partial charge is 0.307 e. The van der Waals surface area contributed by atoms with Crippen LogP contribution in [0.1, 0.15) is 46.0 Å². The molecular weight excluding hydrogens is 254 g/mol. The Morgan fingerprint density at radius 2 is 1.70 bits per heavy atom. The number of carboxylic acid groups (broad SMARTS) is 1. The highest BCUT2D eigenvalue weighted by atomic mass is 16.4. The molecule has 0 aromatic heterocycles. The second-order valence-corrected chi connectivity index (χ2v) is 7.49. The van der Waals surface area contributed by atoms with Gasteiger partial charge >= 0.3 is 5.97 Å². The number of carbonyl (C=O) groups excluding carboxylic acids is 1. The Hall–Kier alpha value is -1.06. The van der Waals surface area contributed by atoms with Crippen molar-refractivity contribution in [1.29, 1.82) is 0 Å². The van der Waals surface area contributed by atoms with E-state index in [9.17, 15) is 14.7 Å². The Balaban J connectivity index is 1.65. The van der Waals surface area contributed by atoms with Crippen LogP contribution in [0.25, 0.3) is 0 Å². The van der Waals surface area contributed by atoms with Gasteiger partial charge in [0.2, 0.25) is 5.91 Å². The number of hydrogen-bond donors (Lipinski definition) is 1. The van der Waals surface area contributed by atoms with E-state index in [4.69, 9.17) is 0 Å². The van der Waals surface area contributed by atoms with E-state index in [2.05, 4.69) is 0 Å². The van der Waals surface area contributed by atoms with Crippen LogP contribution in [0.4, 0.5) is 0 Å². The molecule has 4 atom stereocenters. The molecule has 3 rings (SSSR count). The van der Waals surface area contributed by atoms with Crippen LogP contribution < -0.4 is 0 Å². The van der Waals surface area contributed by atoms with Crippen LogP contribution in [0.3, 0.4) is 0 Å². The molecule has 0 aromatic rings. The Labute approximate surface area is 120 Å². The molecule has 2 saturated carbocycles. The van der Waals surface area contributed by atoms with Crippen molar-refractivity contribution in [3.05, 3.63) is 0 Å². The van der Waals surface area contributed by atoms with Gasteiger partial charge in [-0.05, 0) is 30.1 Å². The van der Waals surface area contributed by atoms with Gasteiger partial charge in [-0.3, -0.25) is 9.59 Å². The highest BCUT2D eigenvalue weighted by Gasteiger charge is 2.66. The van der Waals surface area contributed by atoms with Crippen molar-refractivity contribution >= 4 is 11.9 Å². The standard InChI is InChI=1S/C16H25NO3/c1-16(2)12(13(16)15(19)20)14(18)17-8-7-10-5-3-4-6-11(10)9-17/h10-13H,3-9H2,1-2H3,(H,19,20)/t10?,11?,12-,13+/m1/s1. The highest BCUT2D eigenvalue weighted by Crippen LogP contribution is 2.59. The fraction of sp³-hybridized carbons (Fsp3) is 0.875. The van der Waals surface area contributed by atoms with Crippen molar-refractivity contribution < 1.29 is 14.7 Å². The van der Waals surface area contributed by atoms with Gasteiger partial charge in [-0.2, -0.15) is 0 Å². The van der Waals surface area contributed by atoms with E-state index in [-0.39, 0.29) is 17.2 Å². The minimum Gasteiger partial charge on any atom is -0.481 e. The number of aliphatic carboxylic acids is 1. The van der Waals surface area contributed by atoms with Crippen molar-refractivity contribution in [2.75, 3.05) is 13.1 Å². The van der Waals surface area contributed by atoms with Gasteiger partial charge in [0.05, 0.1) is 11.8 Å². The molecule has 2 aliphatic carbocycles. The third-order valence-corrected chi connectivity index (χ3v) is 5.96. The zero-order chi connectivity index (χ0) is 14.5. The maximum absolute atomic E-state index is 12.6. The van der Waals surface area contributed by atoms with Gasteiger partial charge in [0.1, 0.15) is 0 Å². The fourth-order valence-electron chi connectivity index (χ4n) is 4.56. The lowest BCUT2D eigenvalue weighted by atomic mass is 9.75. The van der Waals surface area contributed by atoms with Gasteiger partial charge < -0.3 is 10.0 Å². The predicted molar refractivity (Wildman–Crippen MR) is 75.0 cm³/mol. The summed E-state index contributed by atoms with van der Waals surface area (Å²) in [6.07, 6.45) is 6.30. The Morgan fingerprint density at radius 1 is 1.05 bits per heavy atom. The second kappa shape index (κ2) is 4.74. The minimum absolute atomic E-state index is 0.0893. The molecule has 1 heterocycles. The number of fused-ring (bicyclic) bond motifs is 1. The molecule has 1 amide bonds. The summed E-state index contributed by atoms with van der Waals surface area (Å²) >= 11 is 0. The van der Waals surface area contributed by atoms with Crippen molar-refractivity contribution in [3.8, 4) is 0 Å². The Bertz CT molecular complexity index is 431. The summed E-state index contributed by atoms with van der Waals surface area (Å²) in [5, 5.41) is 9.22. The van der Waals surface area contributed by atoms with Crippen LogP contribution in [-0.2, 0) is 9.59 Å². The summed E-state index contributed by atoms with van der Waals surface area (Å²) in [5.74, 6) is -0.0616. The molecule has 4 nitrogen and oxygen atoms in total. The topological polar surface area (TPSA) is 57.6 Å². The van der Waals surface area contributed by atoms with E-state index >= 15 is 0 Å². The largest absolute Gasteiger partial charge is 0.481 e. The number of carboxylic acids is 1. The molecule has 2 unspecified atom stereocenters. The van der Waals surface area contributed by atoms with Gasteiger partial charge in [-0.15, -0.1) is 0 Å². The molecule has 0 radical (unpaired) electrons. The molecule has 1 N–H and O–H groups in total. The van der Waals surface area contributed by atoms with Gasteiger partial charge in [0.15, 0.2) is 0 Å². The first kappa shape index (κ1) is 13.9. The average Bonchev–Trinajstić information content (AvgIpc) is 3.00. The summed E-state index contributed by atoms with van der Waals surface area (Å²) < 4.78 is 0. The molecule has 0 spiro atoms. The van der Waals surface area contributed by atoms with Crippen LogP contribution in [0.15, 0.2) is 0 Å². The summed E-state index contributed by atoms with van der Waals surface area (Å²) in [6, 6.07) is 0. The number of nitrogens with zero attached hydrogens (tertiary/aromatic N) is 1. The van der Waals surface area contributed by atoms with Crippen molar-refractivity contribution in [3.63, 3.8) is 0 Å². The predicted octanol–water partition coefficient (Wildman–Crippen LogP) is 2.38. The van der Waals surface area contributed by atoms with Gasteiger partial charge in [0, 0.05) is 13.1 Å². The molecule has 3 fully saturated rings. The van der Waals surface area contributed by atoms with Crippen LogP contribution in [-0.4, -0.2) is 35.0 Å². The van der Waals surface area contributed by atoms with Crippen LogP contribution in [0.5, 0.6) is 0 Å². The van der Waals surface area contributed by atoms with Crippen molar-refractivity contribution in [2.24, 2.45) is 29.1 Å². The Morgan fingerprint density at radius 3 is 2.30 bits per heavy atom. The molecule has 20 heavy (non-hydrogen) atoms. The first-order chi connectivity index (χ1) is 9.43. The summed E-state index contributed by atoms with van der Waals surface area (Å²) in [5.41, 5.74) is -0.369. The lowest BCUT2D eigenvalue weighted by Gasteiger charge is -2.41. The number of amides is 1. The van der Waals surface area contributed by atoms with Crippen LogP contribution >= 0.6 is 0 Å². The minimum atomic E-state index is -0.819. The van der Waals surface area contributed by atoms with Crippen molar-refractivity contribution in [1.82, 2.24) is 4.90 Å². The zero-order valence-corrected chi connectivity index (χ0v) is 12.5. The number of piperidine rings is 1. The lowest BCUT2D eigenvalue weighted by molar-refractivity contribution is -0.143. The lowest BCUT2D eigenvalue weighted by Crippen LogP contribution is -2.46. The maximum Gasteiger partial charge on any atom is 0.307 e. The molecule has 3 aliphatic rings. The highest BCUT2D eigenvalue weighted by molar-refractivity contribution is 5.91. The third-order valence-electron chi connectivity index (χ3n) is 5.96. The SMILES string of the molecule is CC1(C)[C@H](C(=O)O)[C@@H]1C(=O)N1CCC2CCCCC2C1. The molecule has 1 aliphatic heterocycles. The molecule has 0 bridgehead atoms. The molecule has 4 heteroatoms.